The van der Waals surface area contributed by atoms with Crippen LogP contribution in [0, 0.1) is 13.8 Å². The van der Waals surface area contributed by atoms with Gasteiger partial charge in [-0.25, -0.2) is 0 Å². The highest BCUT2D eigenvalue weighted by atomic mass is 35.5. The highest BCUT2D eigenvalue weighted by Gasteiger charge is 2.16. The highest BCUT2D eigenvalue weighted by Crippen LogP contribution is 2.39. The number of methoxy groups -OCH3 is 1. The molecule has 2 N–H and O–H groups in total. The van der Waals surface area contributed by atoms with Gasteiger partial charge in [0.2, 0.25) is 5.91 Å². The number of fused-ring (bicyclic) bond motifs is 1. The van der Waals surface area contributed by atoms with Crippen molar-refractivity contribution in [1.29, 1.82) is 0 Å². The fourth-order valence-corrected chi connectivity index (χ4v) is 4.08. The first-order valence-electron chi connectivity index (χ1n) is 10.4. The molecule has 0 spiro atoms. The molecule has 3 aromatic carbocycles. The van der Waals surface area contributed by atoms with E-state index in [1.165, 1.54) is 19.3 Å². The van der Waals surface area contributed by atoms with Crippen molar-refractivity contribution in [3.8, 4) is 22.6 Å². The number of phenolic OH excluding ortho intramolecular Hbond substituents is 1. The first kappa shape index (κ1) is 22.4. The first-order chi connectivity index (χ1) is 15.9. The smallest absolute Gasteiger partial charge is 0.248 e. The number of ether oxygens (including phenoxy) is 1. The number of pyridine rings is 1. The van der Waals surface area contributed by atoms with E-state index in [0.717, 1.165) is 33.2 Å². The minimum atomic E-state index is -0.319. The summed E-state index contributed by atoms with van der Waals surface area (Å²) in [5.41, 5.74) is 5.94. The van der Waals surface area contributed by atoms with E-state index in [4.69, 9.17) is 16.3 Å². The van der Waals surface area contributed by atoms with Gasteiger partial charge in [0.15, 0.2) is 11.5 Å². The molecular formula is C27H23ClN2O3. The van der Waals surface area contributed by atoms with Gasteiger partial charge in [0.25, 0.3) is 0 Å². The zero-order valence-electron chi connectivity index (χ0n) is 18.5. The number of benzene rings is 3. The number of phenols is 1. The average Bonchev–Trinajstić information content (AvgIpc) is 2.79. The number of anilines is 1. The normalized spacial score (nSPS) is 11.2. The van der Waals surface area contributed by atoms with Crippen LogP contribution in [0.3, 0.4) is 0 Å². The van der Waals surface area contributed by atoms with Gasteiger partial charge < -0.3 is 15.2 Å². The zero-order chi connectivity index (χ0) is 23.5. The van der Waals surface area contributed by atoms with Crippen LogP contribution in [0.4, 0.5) is 5.69 Å². The third-order valence-corrected chi connectivity index (χ3v) is 5.67. The molecule has 0 bridgehead atoms. The van der Waals surface area contributed by atoms with Crippen molar-refractivity contribution in [2.24, 2.45) is 0 Å². The fraction of sp³-hybridized carbons (Fsp3) is 0.111. The van der Waals surface area contributed by atoms with Crippen LogP contribution in [0.15, 0.2) is 66.9 Å². The number of halogens is 1. The molecule has 0 aliphatic heterocycles. The number of aromatic nitrogens is 1. The Balaban J connectivity index is 1.75. The lowest BCUT2D eigenvalue weighted by Crippen LogP contribution is -2.10. The summed E-state index contributed by atoms with van der Waals surface area (Å²) < 4.78 is 5.12. The number of rotatable bonds is 5. The lowest BCUT2D eigenvalue weighted by molar-refractivity contribution is -0.111. The molecule has 0 radical (unpaired) electrons. The van der Waals surface area contributed by atoms with Crippen LogP contribution >= 0.6 is 11.6 Å². The number of amides is 1. The Morgan fingerprint density at radius 3 is 2.67 bits per heavy atom. The summed E-state index contributed by atoms with van der Waals surface area (Å²) in [5, 5.41) is 14.2. The van der Waals surface area contributed by atoms with Crippen LogP contribution in [0.25, 0.3) is 28.1 Å². The third kappa shape index (κ3) is 4.69. The maximum Gasteiger partial charge on any atom is 0.248 e. The molecule has 1 heterocycles. The molecule has 6 heteroatoms. The van der Waals surface area contributed by atoms with E-state index in [0.29, 0.717) is 22.0 Å². The summed E-state index contributed by atoms with van der Waals surface area (Å²) in [6.45, 7) is 4.05. The second kappa shape index (κ2) is 9.35. The minimum absolute atomic E-state index is 0.0382. The molecule has 5 nitrogen and oxygen atoms in total. The molecule has 0 unspecified atom stereocenters. The monoisotopic (exact) mass is 458 g/mol. The van der Waals surface area contributed by atoms with Gasteiger partial charge in [0.05, 0.1) is 24.5 Å². The third-order valence-electron chi connectivity index (χ3n) is 5.34. The Morgan fingerprint density at radius 2 is 1.91 bits per heavy atom. The number of aryl methyl sites for hydroxylation is 2. The first-order valence-corrected chi connectivity index (χ1v) is 10.8. The number of nitrogens with one attached hydrogen (secondary N) is 1. The van der Waals surface area contributed by atoms with E-state index >= 15 is 0 Å². The molecule has 0 aliphatic carbocycles. The Labute approximate surface area is 197 Å². The number of carbonyl (C=O) groups is 1. The molecule has 0 saturated heterocycles. The van der Waals surface area contributed by atoms with Crippen LogP contribution in [0.5, 0.6) is 11.5 Å². The highest BCUT2D eigenvalue weighted by molar-refractivity contribution is 6.34. The van der Waals surface area contributed by atoms with E-state index in [2.05, 4.69) is 22.4 Å². The van der Waals surface area contributed by atoms with Crippen LogP contribution < -0.4 is 10.1 Å². The Kier molecular flexibility index (Phi) is 6.33. The average molecular weight is 459 g/mol. The molecule has 0 saturated carbocycles. The largest absolute Gasteiger partial charge is 0.504 e. The number of aromatic hydroxyl groups is 1. The van der Waals surface area contributed by atoms with Gasteiger partial charge in [-0.05, 0) is 55.3 Å². The number of carbonyl (C=O) groups excluding carboxylic acids is 1. The molecule has 0 aliphatic rings. The van der Waals surface area contributed by atoms with Crippen molar-refractivity contribution in [1.82, 2.24) is 4.98 Å². The van der Waals surface area contributed by atoms with Crippen molar-refractivity contribution in [2.45, 2.75) is 13.8 Å². The molecule has 0 atom stereocenters. The summed E-state index contributed by atoms with van der Waals surface area (Å²) in [7, 11) is 1.47. The van der Waals surface area contributed by atoms with Gasteiger partial charge in [-0.1, -0.05) is 47.5 Å². The van der Waals surface area contributed by atoms with Crippen molar-refractivity contribution >= 4 is 40.2 Å². The maximum atomic E-state index is 12.8. The predicted molar refractivity (Wildman–Crippen MR) is 134 cm³/mol. The van der Waals surface area contributed by atoms with E-state index in [1.807, 2.05) is 38.1 Å². The second-order valence-corrected chi connectivity index (χ2v) is 8.17. The maximum absolute atomic E-state index is 12.8. The van der Waals surface area contributed by atoms with E-state index in [1.54, 1.807) is 24.4 Å². The van der Waals surface area contributed by atoms with Gasteiger partial charge >= 0.3 is 0 Å². The Morgan fingerprint density at radius 1 is 1.12 bits per heavy atom. The van der Waals surface area contributed by atoms with E-state index < -0.39 is 0 Å². The molecule has 0 fully saturated rings. The van der Waals surface area contributed by atoms with Crippen molar-refractivity contribution in [3.05, 3.63) is 88.6 Å². The van der Waals surface area contributed by atoms with Crippen LogP contribution in [0.2, 0.25) is 5.02 Å². The van der Waals surface area contributed by atoms with Gasteiger partial charge in [-0.3, -0.25) is 9.78 Å². The Hall–Kier alpha value is -3.83. The van der Waals surface area contributed by atoms with Crippen LogP contribution in [-0.2, 0) is 4.79 Å². The molecule has 166 valence electrons. The number of nitrogens with zero attached hydrogens (tertiary/aromatic N) is 1. The van der Waals surface area contributed by atoms with Crippen LogP contribution in [-0.4, -0.2) is 23.1 Å². The SMILES string of the molecule is COc1cc(C=CC(=O)Nc2cnc3c(C)cc(C)cc3c2-c2ccccc2Cl)ccc1O. The summed E-state index contributed by atoms with van der Waals surface area (Å²) in [6.07, 6.45) is 4.74. The zero-order valence-corrected chi connectivity index (χ0v) is 19.3. The number of hydrogen-bond acceptors (Lipinski definition) is 4. The molecule has 1 amide bonds. The van der Waals surface area contributed by atoms with Gasteiger partial charge in [-0.15, -0.1) is 0 Å². The fourth-order valence-electron chi connectivity index (χ4n) is 3.85. The van der Waals surface area contributed by atoms with Gasteiger partial charge in [-0.2, -0.15) is 0 Å². The molecule has 1 aromatic heterocycles. The van der Waals surface area contributed by atoms with Crippen molar-refractivity contribution in [3.63, 3.8) is 0 Å². The van der Waals surface area contributed by atoms with E-state index in [9.17, 15) is 9.90 Å². The number of hydrogen-bond donors (Lipinski definition) is 2. The van der Waals surface area contributed by atoms with Gasteiger partial charge in [0, 0.05) is 27.6 Å². The molecular weight excluding hydrogens is 436 g/mol. The van der Waals surface area contributed by atoms with Gasteiger partial charge in [0.1, 0.15) is 0 Å². The van der Waals surface area contributed by atoms with E-state index in [-0.39, 0.29) is 11.7 Å². The van der Waals surface area contributed by atoms with Crippen LogP contribution in [0.1, 0.15) is 16.7 Å². The van der Waals surface area contributed by atoms with Crippen molar-refractivity contribution in [2.75, 3.05) is 12.4 Å². The molecule has 4 aromatic rings. The second-order valence-electron chi connectivity index (χ2n) is 7.76. The molecule has 4 rings (SSSR count). The topological polar surface area (TPSA) is 71.5 Å². The summed E-state index contributed by atoms with van der Waals surface area (Å²) >= 11 is 6.55. The summed E-state index contributed by atoms with van der Waals surface area (Å²) in [4.78, 5) is 17.4. The van der Waals surface area contributed by atoms with Crippen molar-refractivity contribution < 1.29 is 14.6 Å². The predicted octanol–water partition coefficient (Wildman–Crippen LogP) is 6.54. The summed E-state index contributed by atoms with van der Waals surface area (Å²) in [5.74, 6) is 0.0558. The minimum Gasteiger partial charge on any atom is -0.504 e. The lowest BCUT2D eigenvalue weighted by Gasteiger charge is -2.16. The molecule has 33 heavy (non-hydrogen) atoms. The Bertz CT molecular complexity index is 1400. The standard InChI is InChI=1S/C27H23ClN2O3/c1-16-12-17(2)27-20(13-16)26(19-6-4-5-7-21(19)28)22(15-29-27)30-25(32)11-9-18-8-10-23(31)24(14-18)33-3/h4-15,31H,1-3H3,(H,30,32). The lowest BCUT2D eigenvalue weighted by atomic mass is 9.96. The quantitative estimate of drug-likeness (QED) is 0.333. The summed E-state index contributed by atoms with van der Waals surface area (Å²) in [6, 6.07) is 16.6.